The SMILES string of the molecule is COc1ccccc1CCNC(=O)N1CCN(Cc2nc3ccccc3c(=O)[nH]2)CC1. The van der Waals surface area contributed by atoms with Gasteiger partial charge in [-0.1, -0.05) is 30.3 Å². The molecule has 2 heterocycles. The van der Waals surface area contributed by atoms with Gasteiger partial charge in [-0.15, -0.1) is 0 Å². The monoisotopic (exact) mass is 421 g/mol. The van der Waals surface area contributed by atoms with Crippen molar-refractivity contribution < 1.29 is 9.53 Å². The third-order valence-electron chi connectivity index (χ3n) is 5.56. The molecular weight excluding hydrogens is 394 g/mol. The maximum absolute atomic E-state index is 12.5. The van der Waals surface area contributed by atoms with Crippen LogP contribution in [-0.2, 0) is 13.0 Å². The van der Waals surface area contributed by atoms with Crippen LogP contribution in [0.3, 0.4) is 0 Å². The molecule has 0 atom stereocenters. The molecule has 2 amide bonds. The fraction of sp³-hybridized carbons (Fsp3) is 0.348. The van der Waals surface area contributed by atoms with E-state index in [4.69, 9.17) is 4.74 Å². The second kappa shape index (κ2) is 9.61. The van der Waals surface area contributed by atoms with Gasteiger partial charge in [0.25, 0.3) is 5.56 Å². The van der Waals surface area contributed by atoms with Crippen molar-refractivity contribution in [1.29, 1.82) is 0 Å². The zero-order chi connectivity index (χ0) is 21.6. The van der Waals surface area contributed by atoms with E-state index in [0.717, 1.165) is 30.8 Å². The predicted octanol–water partition coefficient (Wildman–Crippen LogP) is 2.00. The zero-order valence-corrected chi connectivity index (χ0v) is 17.6. The summed E-state index contributed by atoms with van der Waals surface area (Å²) in [5, 5.41) is 3.60. The highest BCUT2D eigenvalue weighted by atomic mass is 16.5. The summed E-state index contributed by atoms with van der Waals surface area (Å²) in [7, 11) is 1.65. The van der Waals surface area contributed by atoms with Gasteiger partial charge < -0.3 is 19.9 Å². The van der Waals surface area contributed by atoms with E-state index in [1.54, 1.807) is 13.2 Å². The number of hydrogen-bond donors (Lipinski definition) is 2. The fourth-order valence-corrected chi connectivity index (χ4v) is 3.86. The van der Waals surface area contributed by atoms with Crippen molar-refractivity contribution in [3.63, 3.8) is 0 Å². The number of hydrogen-bond acceptors (Lipinski definition) is 5. The maximum atomic E-state index is 12.5. The number of nitrogens with zero attached hydrogens (tertiary/aromatic N) is 3. The molecule has 1 aromatic heterocycles. The molecule has 31 heavy (non-hydrogen) atoms. The number of rotatable bonds is 6. The highest BCUT2D eigenvalue weighted by molar-refractivity contribution is 5.77. The van der Waals surface area contributed by atoms with Gasteiger partial charge in [-0.25, -0.2) is 9.78 Å². The van der Waals surface area contributed by atoms with E-state index >= 15 is 0 Å². The Labute approximate surface area is 180 Å². The van der Waals surface area contributed by atoms with Crippen LogP contribution in [0, 0.1) is 0 Å². The molecule has 1 aliphatic rings. The Morgan fingerprint density at radius 2 is 1.84 bits per heavy atom. The van der Waals surface area contributed by atoms with Crippen LogP contribution >= 0.6 is 0 Å². The molecule has 0 unspecified atom stereocenters. The summed E-state index contributed by atoms with van der Waals surface area (Å²) < 4.78 is 5.35. The summed E-state index contributed by atoms with van der Waals surface area (Å²) in [4.78, 5) is 36.2. The van der Waals surface area contributed by atoms with Crippen molar-refractivity contribution in [2.75, 3.05) is 39.8 Å². The van der Waals surface area contributed by atoms with Gasteiger partial charge in [0.05, 0.1) is 24.6 Å². The van der Waals surface area contributed by atoms with Crippen LogP contribution in [0.25, 0.3) is 10.9 Å². The number of carbonyl (C=O) groups excluding carboxylic acids is 1. The van der Waals surface area contributed by atoms with Crippen molar-refractivity contribution in [3.8, 4) is 5.75 Å². The van der Waals surface area contributed by atoms with E-state index in [1.165, 1.54) is 0 Å². The molecule has 0 spiro atoms. The van der Waals surface area contributed by atoms with Crippen LogP contribution in [0.5, 0.6) is 5.75 Å². The molecule has 0 radical (unpaired) electrons. The molecule has 3 aromatic rings. The van der Waals surface area contributed by atoms with Crippen LogP contribution in [0.1, 0.15) is 11.4 Å². The minimum absolute atomic E-state index is 0.0493. The summed E-state index contributed by atoms with van der Waals surface area (Å²) in [6.07, 6.45) is 0.719. The number of piperazine rings is 1. The van der Waals surface area contributed by atoms with E-state index < -0.39 is 0 Å². The number of urea groups is 1. The summed E-state index contributed by atoms with van der Waals surface area (Å²) >= 11 is 0. The number of aromatic nitrogens is 2. The average Bonchev–Trinajstić information content (AvgIpc) is 2.80. The first kappa shape index (κ1) is 20.9. The molecule has 0 bridgehead atoms. The molecule has 162 valence electrons. The van der Waals surface area contributed by atoms with E-state index in [-0.39, 0.29) is 11.6 Å². The predicted molar refractivity (Wildman–Crippen MR) is 119 cm³/mol. The summed E-state index contributed by atoms with van der Waals surface area (Å²) in [5.74, 6) is 1.49. The van der Waals surface area contributed by atoms with E-state index in [9.17, 15) is 9.59 Å². The van der Waals surface area contributed by atoms with E-state index in [2.05, 4.69) is 20.2 Å². The van der Waals surface area contributed by atoms with Gasteiger partial charge in [0.1, 0.15) is 11.6 Å². The van der Waals surface area contributed by atoms with Gasteiger partial charge in [-0.2, -0.15) is 0 Å². The summed E-state index contributed by atoms with van der Waals surface area (Å²) in [5.41, 5.74) is 1.66. The first-order valence-corrected chi connectivity index (χ1v) is 10.5. The Hall–Kier alpha value is -3.39. The second-order valence-corrected chi connectivity index (χ2v) is 7.59. The lowest BCUT2D eigenvalue weighted by atomic mass is 10.1. The lowest BCUT2D eigenvalue weighted by Gasteiger charge is -2.34. The van der Waals surface area contributed by atoms with Gasteiger partial charge in [0.15, 0.2) is 0 Å². The molecular formula is C23H27N5O3. The van der Waals surface area contributed by atoms with Gasteiger partial charge in [0.2, 0.25) is 0 Å². The molecule has 0 saturated carbocycles. The van der Waals surface area contributed by atoms with Gasteiger partial charge in [-0.05, 0) is 30.2 Å². The number of H-pyrrole nitrogens is 1. The number of para-hydroxylation sites is 2. The van der Waals surface area contributed by atoms with Crippen molar-refractivity contribution in [2.24, 2.45) is 0 Å². The normalized spacial score (nSPS) is 14.5. The number of aromatic amines is 1. The van der Waals surface area contributed by atoms with E-state index in [1.807, 2.05) is 47.4 Å². The minimum Gasteiger partial charge on any atom is -0.496 e. The highest BCUT2D eigenvalue weighted by Gasteiger charge is 2.21. The third kappa shape index (κ3) is 5.03. The number of nitrogens with one attached hydrogen (secondary N) is 2. The van der Waals surface area contributed by atoms with Gasteiger partial charge in [-0.3, -0.25) is 9.69 Å². The Morgan fingerprint density at radius 1 is 1.10 bits per heavy atom. The molecule has 8 heteroatoms. The fourth-order valence-electron chi connectivity index (χ4n) is 3.86. The minimum atomic E-state index is -0.117. The quantitative estimate of drug-likeness (QED) is 0.635. The van der Waals surface area contributed by atoms with Crippen LogP contribution < -0.4 is 15.6 Å². The van der Waals surface area contributed by atoms with Crippen LogP contribution in [0.2, 0.25) is 0 Å². The lowest BCUT2D eigenvalue weighted by molar-refractivity contribution is 0.133. The van der Waals surface area contributed by atoms with Crippen molar-refractivity contribution >= 4 is 16.9 Å². The molecule has 2 aromatic carbocycles. The molecule has 4 rings (SSSR count). The van der Waals surface area contributed by atoms with Crippen molar-refractivity contribution in [3.05, 3.63) is 70.3 Å². The molecule has 1 aliphatic heterocycles. The number of fused-ring (bicyclic) bond motifs is 1. The highest BCUT2D eigenvalue weighted by Crippen LogP contribution is 2.17. The number of amides is 2. The molecule has 1 saturated heterocycles. The Bertz CT molecular complexity index is 1110. The number of methoxy groups -OCH3 is 1. The van der Waals surface area contributed by atoms with Crippen LogP contribution in [0.4, 0.5) is 4.79 Å². The lowest BCUT2D eigenvalue weighted by Crippen LogP contribution is -2.51. The summed E-state index contributed by atoms with van der Waals surface area (Å²) in [6, 6.07) is 15.1. The van der Waals surface area contributed by atoms with Gasteiger partial charge in [0, 0.05) is 32.7 Å². The number of benzene rings is 2. The second-order valence-electron chi connectivity index (χ2n) is 7.59. The molecule has 0 aliphatic carbocycles. The first-order chi connectivity index (χ1) is 15.1. The van der Waals surface area contributed by atoms with Crippen LogP contribution in [0.15, 0.2) is 53.3 Å². The largest absolute Gasteiger partial charge is 0.496 e. The first-order valence-electron chi connectivity index (χ1n) is 10.5. The Kier molecular flexibility index (Phi) is 6.47. The van der Waals surface area contributed by atoms with Crippen molar-refractivity contribution in [1.82, 2.24) is 25.1 Å². The maximum Gasteiger partial charge on any atom is 0.317 e. The third-order valence-corrected chi connectivity index (χ3v) is 5.56. The number of carbonyl (C=O) groups is 1. The standard InChI is InChI=1S/C23H27N5O3/c1-31-20-9-5-2-6-17(20)10-11-24-23(30)28-14-12-27(13-15-28)16-21-25-19-8-4-3-7-18(19)22(29)26-21/h2-9H,10-16H2,1H3,(H,24,30)(H,25,26,29). The molecule has 1 fully saturated rings. The summed E-state index contributed by atoms with van der Waals surface area (Å²) in [6.45, 7) is 3.86. The average molecular weight is 422 g/mol. The number of ether oxygens (including phenoxy) is 1. The van der Waals surface area contributed by atoms with Crippen LogP contribution in [-0.4, -0.2) is 65.6 Å². The smallest absolute Gasteiger partial charge is 0.317 e. The van der Waals surface area contributed by atoms with Gasteiger partial charge >= 0.3 is 6.03 Å². The Balaban J connectivity index is 1.26. The van der Waals surface area contributed by atoms with E-state index in [0.29, 0.717) is 42.9 Å². The van der Waals surface area contributed by atoms with Crippen molar-refractivity contribution in [2.45, 2.75) is 13.0 Å². The molecule has 2 N–H and O–H groups in total. The topological polar surface area (TPSA) is 90.6 Å². The molecule has 8 nitrogen and oxygen atoms in total. The Morgan fingerprint density at radius 3 is 2.65 bits per heavy atom. The zero-order valence-electron chi connectivity index (χ0n) is 17.6.